The normalized spacial score (nSPS) is 12.5. The van der Waals surface area contributed by atoms with Crippen LogP contribution in [0.5, 0.6) is 0 Å². The standard InChI is InChI=1S/C10H14N2O/c1-7(13)8-4-2-3-5-9(8)10(12)6-11/h2-5,10H,6,11-12H2,1H3. The van der Waals surface area contributed by atoms with Crippen LogP contribution in [0.15, 0.2) is 24.3 Å². The van der Waals surface area contributed by atoms with Crippen molar-refractivity contribution in [3.63, 3.8) is 0 Å². The maximum absolute atomic E-state index is 11.2. The Labute approximate surface area is 77.7 Å². The minimum Gasteiger partial charge on any atom is -0.329 e. The maximum atomic E-state index is 11.2. The van der Waals surface area contributed by atoms with Crippen molar-refractivity contribution in [1.82, 2.24) is 0 Å². The van der Waals surface area contributed by atoms with E-state index in [1.54, 1.807) is 6.07 Å². The molecule has 3 nitrogen and oxygen atoms in total. The molecular formula is C10H14N2O. The van der Waals surface area contributed by atoms with E-state index < -0.39 is 0 Å². The smallest absolute Gasteiger partial charge is 0.160 e. The summed E-state index contributed by atoms with van der Waals surface area (Å²) in [6.07, 6.45) is 0. The van der Waals surface area contributed by atoms with Crippen LogP contribution in [-0.4, -0.2) is 12.3 Å². The average molecular weight is 178 g/mol. The van der Waals surface area contributed by atoms with Crippen LogP contribution < -0.4 is 11.5 Å². The van der Waals surface area contributed by atoms with Gasteiger partial charge in [0.2, 0.25) is 0 Å². The minimum absolute atomic E-state index is 0.0273. The van der Waals surface area contributed by atoms with Crippen molar-refractivity contribution < 1.29 is 4.79 Å². The molecule has 1 rings (SSSR count). The molecule has 3 heteroatoms. The van der Waals surface area contributed by atoms with Crippen LogP contribution in [0.1, 0.15) is 28.9 Å². The molecule has 13 heavy (non-hydrogen) atoms. The van der Waals surface area contributed by atoms with Gasteiger partial charge >= 0.3 is 0 Å². The van der Waals surface area contributed by atoms with E-state index in [1.807, 2.05) is 18.2 Å². The van der Waals surface area contributed by atoms with E-state index in [2.05, 4.69) is 0 Å². The number of rotatable bonds is 3. The number of hydrogen-bond acceptors (Lipinski definition) is 3. The van der Waals surface area contributed by atoms with Crippen molar-refractivity contribution in [2.45, 2.75) is 13.0 Å². The number of benzene rings is 1. The second-order valence-corrected chi connectivity index (χ2v) is 2.99. The predicted molar refractivity (Wildman–Crippen MR) is 52.4 cm³/mol. The molecule has 0 spiro atoms. The first-order valence-electron chi connectivity index (χ1n) is 4.22. The van der Waals surface area contributed by atoms with Crippen molar-refractivity contribution in [2.75, 3.05) is 6.54 Å². The zero-order chi connectivity index (χ0) is 9.84. The fraction of sp³-hybridized carbons (Fsp3) is 0.300. The van der Waals surface area contributed by atoms with Crippen LogP contribution in [0.3, 0.4) is 0 Å². The van der Waals surface area contributed by atoms with E-state index in [4.69, 9.17) is 11.5 Å². The summed E-state index contributed by atoms with van der Waals surface area (Å²) in [6.45, 7) is 1.88. The molecule has 4 N–H and O–H groups in total. The Morgan fingerprint density at radius 2 is 2.08 bits per heavy atom. The highest BCUT2D eigenvalue weighted by molar-refractivity contribution is 5.95. The van der Waals surface area contributed by atoms with Gasteiger partial charge in [-0.25, -0.2) is 0 Å². The van der Waals surface area contributed by atoms with Crippen LogP contribution in [0, 0.1) is 0 Å². The molecule has 0 saturated heterocycles. The molecule has 0 bridgehead atoms. The summed E-state index contributed by atoms with van der Waals surface area (Å²) in [6, 6.07) is 7.04. The molecule has 70 valence electrons. The van der Waals surface area contributed by atoms with Gasteiger partial charge in [0.25, 0.3) is 0 Å². The monoisotopic (exact) mass is 178 g/mol. The van der Waals surface area contributed by atoms with E-state index in [0.29, 0.717) is 12.1 Å². The molecule has 0 aliphatic heterocycles. The average Bonchev–Trinajstić information content (AvgIpc) is 2.16. The lowest BCUT2D eigenvalue weighted by Crippen LogP contribution is -2.22. The fourth-order valence-electron chi connectivity index (χ4n) is 1.27. The van der Waals surface area contributed by atoms with Crippen LogP contribution in [-0.2, 0) is 0 Å². The van der Waals surface area contributed by atoms with E-state index in [0.717, 1.165) is 5.56 Å². The highest BCUT2D eigenvalue weighted by atomic mass is 16.1. The third-order valence-electron chi connectivity index (χ3n) is 1.99. The molecule has 1 atom stereocenters. The number of carbonyl (C=O) groups excluding carboxylic acids is 1. The lowest BCUT2D eigenvalue weighted by atomic mass is 9.99. The largest absolute Gasteiger partial charge is 0.329 e. The van der Waals surface area contributed by atoms with Crippen molar-refractivity contribution in [3.05, 3.63) is 35.4 Å². The second kappa shape index (κ2) is 4.16. The number of carbonyl (C=O) groups is 1. The molecule has 0 aromatic heterocycles. The van der Waals surface area contributed by atoms with E-state index in [1.165, 1.54) is 6.92 Å². The van der Waals surface area contributed by atoms with Gasteiger partial charge in [0.15, 0.2) is 5.78 Å². The molecule has 0 radical (unpaired) electrons. The van der Waals surface area contributed by atoms with Gasteiger partial charge in [0.05, 0.1) is 0 Å². The Hall–Kier alpha value is -1.19. The molecule has 1 unspecified atom stereocenters. The van der Waals surface area contributed by atoms with Gasteiger partial charge in [-0.3, -0.25) is 4.79 Å². The summed E-state index contributed by atoms with van der Waals surface area (Å²) >= 11 is 0. The SMILES string of the molecule is CC(=O)c1ccccc1C(N)CN. The fourth-order valence-corrected chi connectivity index (χ4v) is 1.27. The molecular weight excluding hydrogens is 164 g/mol. The maximum Gasteiger partial charge on any atom is 0.160 e. The van der Waals surface area contributed by atoms with E-state index >= 15 is 0 Å². The third-order valence-corrected chi connectivity index (χ3v) is 1.99. The summed E-state index contributed by atoms with van der Waals surface area (Å²) in [5.41, 5.74) is 12.7. The second-order valence-electron chi connectivity index (χ2n) is 2.99. The van der Waals surface area contributed by atoms with Gasteiger partial charge in [0.1, 0.15) is 0 Å². The summed E-state index contributed by atoms with van der Waals surface area (Å²) < 4.78 is 0. The topological polar surface area (TPSA) is 69.1 Å². The van der Waals surface area contributed by atoms with Crippen molar-refractivity contribution in [2.24, 2.45) is 11.5 Å². The first kappa shape index (κ1) is 9.89. The summed E-state index contributed by atoms with van der Waals surface area (Å²) in [5, 5.41) is 0. The van der Waals surface area contributed by atoms with Gasteiger partial charge in [0, 0.05) is 18.2 Å². The van der Waals surface area contributed by atoms with Gasteiger partial charge in [-0.05, 0) is 12.5 Å². The van der Waals surface area contributed by atoms with Crippen LogP contribution in [0.25, 0.3) is 0 Å². The molecule has 0 aliphatic rings. The Morgan fingerprint density at radius 1 is 1.46 bits per heavy atom. The first-order valence-corrected chi connectivity index (χ1v) is 4.22. The van der Waals surface area contributed by atoms with Gasteiger partial charge in [-0.2, -0.15) is 0 Å². The number of ketones is 1. The zero-order valence-electron chi connectivity index (χ0n) is 7.66. The molecule has 0 amide bonds. The molecule has 0 fully saturated rings. The van der Waals surface area contributed by atoms with Crippen molar-refractivity contribution >= 4 is 5.78 Å². The Kier molecular flexibility index (Phi) is 3.17. The van der Waals surface area contributed by atoms with Gasteiger partial charge < -0.3 is 11.5 Å². The van der Waals surface area contributed by atoms with Crippen LogP contribution >= 0.6 is 0 Å². The number of hydrogen-bond donors (Lipinski definition) is 2. The Morgan fingerprint density at radius 3 is 2.62 bits per heavy atom. The lowest BCUT2D eigenvalue weighted by Gasteiger charge is -2.12. The number of Topliss-reactive ketones (excluding diaryl/α,β-unsaturated/α-hetero) is 1. The lowest BCUT2D eigenvalue weighted by molar-refractivity contribution is 0.101. The molecule has 0 aliphatic carbocycles. The molecule has 0 heterocycles. The quantitative estimate of drug-likeness (QED) is 0.674. The zero-order valence-corrected chi connectivity index (χ0v) is 7.66. The summed E-state index contributed by atoms with van der Waals surface area (Å²) in [5.74, 6) is 0.0273. The van der Waals surface area contributed by atoms with Crippen molar-refractivity contribution in [1.29, 1.82) is 0 Å². The van der Waals surface area contributed by atoms with E-state index in [9.17, 15) is 4.79 Å². The van der Waals surface area contributed by atoms with Crippen LogP contribution in [0.4, 0.5) is 0 Å². The van der Waals surface area contributed by atoms with Crippen LogP contribution in [0.2, 0.25) is 0 Å². The third kappa shape index (κ3) is 2.14. The first-order chi connectivity index (χ1) is 6.16. The Balaban J connectivity index is 3.11. The molecule has 0 saturated carbocycles. The Bertz CT molecular complexity index is 310. The predicted octanol–water partition coefficient (Wildman–Crippen LogP) is 0.848. The number of nitrogens with two attached hydrogens (primary N) is 2. The summed E-state index contributed by atoms with van der Waals surface area (Å²) in [4.78, 5) is 11.2. The molecule has 1 aromatic carbocycles. The van der Waals surface area contributed by atoms with Crippen molar-refractivity contribution in [3.8, 4) is 0 Å². The summed E-state index contributed by atoms with van der Waals surface area (Å²) in [7, 11) is 0. The highest BCUT2D eigenvalue weighted by Crippen LogP contribution is 2.15. The van der Waals surface area contributed by atoms with Gasteiger partial charge in [-0.1, -0.05) is 24.3 Å². The highest BCUT2D eigenvalue weighted by Gasteiger charge is 2.11. The molecule has 1 aromatic rings. The van der Waals surface area contributed by atoms with E-state index in [-0.39, 0.29) is 11.8 Å². The minimum atomic E-state index is -0.250. The van der Waals surface area contributed by atoms with Gasteiger partial charge in [-0.15, -0.1) is 0 Å².